The van der Waals surface area contributed by atoms with Crippen LogP contribution in [0.5, 0.6) is 11.5 Å². The lowest BCUT2D eigenvalue weighted by atomic mass is 9.94. The fraction of sp³-hybridized carbons (Fsp3) is 0.393. The first kappa shape index (κ1) is 26.6. The molecule has 196 valence electrons. The van der Waals surface area contributed by atoms with Crippen molar-refractivity contribution >= 4 is 29.3 Å². The summed E-state index contributed by atoms with van der Waals surface area (Å²) in [6.45, 7) is 11.2. The Balaban J connectivity index is 1.77. The van der Waals surface area contributed by atoms with Gasteiger partial charge >= 0.3 is 0 Å². The minimum atomic E-state index is -0.497. The molecule has 0 saturated carbocycles. The van der Waals surface area contributed by atoms with E-state index >= 15 is 0 Å². The summed E-state index contributed by atoms with van der Waals surface area (Å²) >= 11 is 1.56. The van der Waals surface area contributed by atoms with Gasteiger partial charge in [0.2, 0.25) is 11.1 Å². The van der Waals surface area contributed by atoms with E-state index in [9.17, 15) is 4.79 Å². The highest BCUT2D eigenvalue weighted by Gasteiger charge is 2.35. The number of hydrogen-bond donors (Lipinski definition) is 2. The van der Waals surface area contributed by atoms with Gasteiger partial charge in [0.25, 0.3) is 5.91 Å². The first-order valence-corrected chi connectivity index (χ1v) is 13.8. The average Bonchev–Trinajstić information content (AvgIpc) is 3.26. The summed E-state index contributed by atoms with van der Waals surface area (Å²) in [7, 11) is 0. The van der Waals surface area contributed by atoms with Crippen LogP contribution in [0.15, 0.2) is 58.9 Å². The number of benzene rings is 2. The first-order chi connectivity index (χ1) is 17.9. The molecule has 0 aliphatic carbocycles. The van der Waals surface area contributed by atoms with E-state index < -0.39 is 6.04 Å². The summed E-state index contributed by atoms with van der Waals surface area (Å²) in [6.07, 6.45) is 2.01. The van der Waals surface area contributed by atoms with Crippen molar-refractivity contribution in [1.82, 2.24) is 14.8 Å². The number of amides is 1. The van der Waals surface area contributed by atoms with Crippen LogP contribution in [-0.2, 0) is 4.79 Å². The number of rotatable bonds is 11. The minimum Gasteiger partial charge on any atom is -0.490 e. The van der Waals surface area contributed by atoms with Crippen molar-refractivity contribution in [1.29, 1.82) is 0 Å². The molecule has 2 N–H and O–H groups in total. The fourth-order valence-corrected chi connectivity index (χ4v) is 4.81. The largest absolute Gasteiger partial charge is 0.490 e. The Kier molecular flexibility index (Phi) is 8.76. The molecule has 0 bridgehead atoms. The second-order valence-corrected chi connectivity index (χ2v) is 10.1. The molecule has 0 spiro atoms. The Labute approximate surface area is 222 Å². The standard InChI is InChI=1S/C28H35N5O3S/c1-6-9-15-36-22-14-13-20(17-23(22)35-7-2)25-24(26(34)30-21-12-10-11-18(4)16-21)19(5)29-27-31-28(37-8-3)32-33(25)27/h10-14,16-17,25H,6-9,15H2,1-5H3,(H,30,34)(H,29,31,32). The van der Waals surface area contributed by atoms with E-state index in [1.807, 2.05) is 63.2 Å². The molecule has 8 nitrogen and oxygen atoms in total. The lowest BCUT2D eigenvalue weighted by molar-refractivity contribution is -0.113. The van der Waals surface area contributed by atoms with Gasteiger partial charge in [-0.25, -0.2) is 4.68 Å². The van der Waals surface area contributed by atoms with E-state index in [0.717, 1.165) is 41.1 Å². The number of aromatic nitrogens is 3. The topological polar surface area (TPSA) is 90.3 Å². The fourth-order valence-electron chi connectivity index (χ4n) is 4.25. The Hall–Kier alpha value is -3.46. The van der Waals surface area contributed by atoms with Gasteiger partial charge in [-0.3, -0.25) is 4.79 Å². The third-order valence-electron chi connectivity index (χ3n) is 5.97. The molecule has 3 aromatic rings. The predicted molar refractivity (Wildman–Crippen MR) is 149 cm³/mol. The Morgan fingerprint density at radius 3 is 2.68 bits per heavy atom. The molecular weight excluding hydrogens is 486 g/mol. The number of hydrogen-bond acceptors (Lipinski definition) is 7. The highest BCUT2D eigenvalue weighted by atomic mass is 32.2. The van der Waals surface area contributed by atoms with Crippen LogP contribution in [0.3, 0.4) is 0 Å². The van der Waals surface area contributed by atoms with Gasteiger partial charge in [-0.15, -0.1) is 5.10 Å². The van der Waals surface area contributed by atoms with Gasteiger partial charge in [-0.2, -0.15) is 4.98 Å². The third kappa shape index (κ3) is 6.10. The molecule has 2 heterocycles. The number of ether oxygens (including phenoxy) is 2. The van der Waals surface area contributed by atoms with Gasteiger partial charge in [-0.1, -0.05) is 50.2 Å². The normalized spacial score (nSPS) is 14.7. The molecule has 9 heteroatoms. The number of anilines is 2. The number of carbonyl (C=O) groups is 1. The zero-order valence-electron chi connectivity index (χ0n) is 22.1. The van der Waals surface area contributed by atoms with Gasteiger partial charge in [0.1, 0.15) is 6.04 Å². The molecule has 1 unspecified atom stereocenters. The average molecular weight is 522 g/mol. The third-order valence-corrected chi connectivity index (χ3v) is 6.69. The minimum absolute atomic E-state index is 0.201. The van der Waals surface area contributed by atoms with Gasteiger partial charge < -0.3 is 20.1 Å². The lowest BCUT2D eigenvalue weighted by Gasteiger charge is -2.29. The van der Waals surface area contributed by atoms with Crippen molar-refractivity contribution in [3.05, 3.63) is 64.9 Å². The van der Waals surface area contributed by atoms with E-state index in [0.29, 0.717) is 41.4 Å². The summed E-state index contributed by atoms with van der Waals surface area (Å²) in [4.78, 5) is 18.4. The summed E-state index contributed by atoms with van der Waals surface area (Å²) in [5.74, 6) is 2.59. The number of allylic oxidation sites excluding steroid dienone is 1. The maximum Gasteiger partial charge on any atom is 0.255 e. The number of thioether (sulfide) groups is 1. The molecule has 1 amide bonds. The van der Waals surface area contributed by atoms with E-state index in [4.69, 9.17) is 14.6 Å². The van der Waals surface area contributed by atoms with E-state index in [1.54, 1.807) is 16.4 Å². The van der Waals surface area contributed by atoms with Crippen LogP contribution in [0.1, 0.15) is 57.7 Å². The van der Waals surface area contributed by atoms with Gasteiger partial charge in [0.15, 0.2) is 11.5 Å². The van der Waals surface area contributed by atoms with Crippen LogP contribution in [-0.4, -0.2) is 39.6 Å². The van der Waals surface area contributed by atoms with Crippen molar-refractivity contribution in [3.63, 3.8) is 0 Å². The van der Waals surface area contributed by atoms with Crippen LogP contribution in [0, 0.1) is 6.92 Å². The molecule has 1 aromatic heterocycles. The molecular formula is C28H35N5O3S. The van der Waals surface area contributed by atoms with E-state index in [-0.39, 0.29) is 5.91 Å². The number of unbranched alkanes of at least 4 members (excludes halogenated alkanes) is 1. The van der Waals surface area contributed by atoms with Gasteiger partial charge in [0.05, 0.1) is 18.8 Å². The molecule has 1 aliphatic heterocycles. The Morgan fingerprint density at radius 2 is 1.95 bits per heavy atom. The van der Waals surface area contributed by atoms with Crippen LogP contribution in [0.2, 0.25) is 0 Å². The van der Waals surface area contributed by atoms with Crippen LogP contribution in [0.25, 0.3) is 0 Å². The van der Waals surface area contributed by atoms with Crippen molar-refractivity contribution in [2.45, 2.75) is 58.7 Å². The summed E-state index contributed by atoms with van der Waals surface area (Å²) in [5, 5.41) is 11.8. The number of carbonyl (C=O) groups excluding carboxylic acids is 1. The zero-order valence-corrected chi connectivity index (χ0v) is 22.9. The molecule has 4 rings (SSSR count). The summed E-state index contributed by atoms with van der Waals surface area (Å²) < 4.78 is 13.7. The Morgan fingerprint density at radius 1 is 1.11 bits per heavy atom. The highest BCUT2D eigenvalue weighted by molar-refractivity contribution is 7.99. The van der Waals surface area contributed by atoms with E-state index in [2.05, 4.69) is 29.5 Å². The predicted octanol–water partition coefficient (Wildman–Crippen LogP) is 6.20. The second kappa shape index (κ2) is 12.2. The number of nitrogens with one attached hydrogen (secondary N) is 2. The van der Waals surface area contributed by atoms with Crippen LogP contribution < -0.4 is 20.1 Å². The van der Waals surface area contributed by atoms with Crippen molar-refractivity contribution < 1.29 is 14.3 Å². The van der Waals surface area contributed by atoms with Gasteiger partial charge in [0, 0.05) is 11.4 Å². The SMILES string of the molecule is CCCCOc1ccc(C2C(C(=O)Nc3cccc(C)c3)=C(C)Nc3nc(SCC)nn32)cc1OCC. The number of aryl methyl sites for hydroxylation is 1. The quantitative estimate of drug-likeness (QED) is 0.229. The van der Waals surface area contributed by atoms with Crippen LogP contribution in [0.4, 0.5) is 11.6 Å². The molecule has 37 heavy (non-hydrogen) atoms. The Bertz CT molecular complexity index is 1290. The van der Waals surface area contributed by atoms with E-state index in [1.165, 1.54) is 0 Å². The van der Waals surface area contributed by atoms with Crippen molar-refractivity contribution in [2.24, 2.45) is 0 Å². The van der Waals surface area contributed by atoms with Crippen molar-refractivity contribution in [3.8, 4) is 11.5 Å². The first-order valence-electron chi connectivity index (χ1n) is 12.8. The molecule has 1 atom stereocenters. The number of nitrogens with zero attached hydrogens (tertiary/aromatic N) is 3. The number of fused-ring (bicyclic) bond motifs is 1. The lowest BCUT2D eigenvalue weighted by Crippen LogP contribution is -2.31. The maximum atomic E-state index is 13.7. The molecule has 2 aromatic carbocycles. The van der Waals surface area contributed by atoms with Crippen molar-refractivity contribution in [2.75, 3.05) is 29.6 Å². The molecule has 0 fully saturated rings. The molecule has 0 saturated heterocycles. The summed E-state index contributed by atoms with van der Waals surface area (Å²) in [6, 6.07) is 13.1. The highest BCUT2D eigenvalue weighted by Crippen LogP contribution is 2.40. The smallest absolute Gasteiger partial charge is 0.255 e. The zero-order chi connectivity index (χ0) is 26.4. The molecule has 1 aliphatic rings. The monoisotopic (exact) mass is 521 g/mol. The summed E-state index contributed by atoms with van der Waals surface area (Å²) in [5.41, 5.74) is 3.96. The maximum absolute atomic E-state index is 13.7. The van der Waals surface area contributed by atoms with Crippen LogP contribution >= 0.6 is 11.8 Å². The second-order valence-electron chi connectivity index (χ2n) is 8.83. The molecule has 0 radical (unpaired) electrons. The van der Waals surface area contributed by atoms with Gasteiger partial charge in [-0.05, 0) is 68.3 Å².